The second kappa shape index (κ2) is 6.47. The van der Waals surface area contributed by atoms with Crippen molar-refractivity contribution in [3.05, 3.63) is 58.1 Å². The first-order valence-electron chi connectivity index (χ1n) is 6.70. The van der Waals surface area contributed by atoms with Crippen LogP contribution in [0.5, 0.6) is 0 Å². The van der Waals surface area contributed by atoms with Crippen LogP contribution in [-0.2, 0) is 13.1 Å². The quantitative estimate of drug-likeness (QED) is 0.922. The number of aromatic nitrogens is 2. The van der Waals surface area contributed by atoms with Crippen LogP contribution in [0.3, 0.4) is 0 Å². The smallest absolute Gasteiger partial charge is 0.293 e. The lowest BCUT2D eigenvalue weighted by molar-refractivity contribution is 0.507. The van der Waals surface area contributed by atoms with Crippen molar-refractivity contribution in [2.45, 2.75) is 26.9 Å². The second-order valence-electron chi connectivity index (χ2n) is 5.23. The van der Waals surface area contributed by atoms with E-state index in [0.29, 0.717) is 18.0 Å². The van der Waals surface area contributed by atoms with Crippen LogP contribution in [-0.4, -0.2) is 9.55 Å². The van der Waals surface area contributed by atoms with Crippen LogP contribution in [0.1, 0.15) is 19.4 Å². The third kappa shape index (κ3) is 3.87. The van der Waals surface area contributed by atoms with Gasteiger partial charge in [0.25, 0.3) is 5.56 Å². The van der Waals surface area contributed by atoms with Crippen molar-refractivity contribution >= 4 is 5.82 Å². The van der Waals surface area contributed by atoms with Crippen molar-refractivity contribution in [1.29, 1.82) is 0 Å². The van der Waals surface area contributed by atoms with Crippen molar-refractivity contribution in [1.82, 2.24) is 9.55 Å². The van der Waals surface area contributed by atoms with Gasteiger partial charge in [0.15, 0.2) is 17.5 Å². The number of nitrogens with zero attached hydrogens (tertiary/aromatic N) is 2. The minimum absolute atomic E-state index is 0.197. The van der Waals surface area contributed by atoms with Crippen LogP contribution in [0.15, 0.2) is 35.4 Å². The molecule has 2 rings (SSSR count). The van der Waals surface area contributed by atoms with E-state index in [4.69, 9.17) is 0 Å². The summed E-state index contributed by atoms with van der Waals surface area (Å²) in [6.07, 6.45) is 3.17. The van der Waals surface area contributed by atoms with Crippen molar-refractivity contribution in [2.24, 2.45) is 5.92 Å². The van der Waals surface area contributed by atoms with E-state index < -0.39 is 11.6 Å². The zero-order chi connectivity index (χ0) is 15.4. The monoisotopic (exact) mass is 293 g/mol. The number of halogens is 2. The highest BCUT2D eigenvalue weighted by Gasteiger charge is 2.07. The molecule has 0 saturated heterocycles. The first-order valence-corrected chi connectivity index (χ1v) is 6.70. The Morgan fingerprint density at radius 3 is 2.71 bits per heavy atom. The number of nitrogens with one attached hydrogen (secondary N) is 1. The minimum atomic E-state index is -0.910. The molecular weight excluding hydrogens is 276 g/mol. The average molecular weight is 293 g/mol. The van der Waals surface area contributed by atoms with Crippen LogP contribution in [0.4, 0.5) is 14.6 Å². The molecule has 1 N–H and O–H groups in total. The predicted molar refractivity (Wildman–Crippen MR) is 77.0 cm³/mol. The Morgan fingerprint density at radius 1 is 1.29 bits per heavy atom. The molecule has 0 unspecified atom stereocenters. The molecule has 0 atom stereocenters. The van der Waals surface area contributed by atoms with Crippen LogP contribution in [0.2, 0.25) is 0 Å². The molecule has 0 aliphatic heterocycles. The highest BCUT2D eigenvalue weighted by Crippen LogP contribution is 2.09. The van der Waals surface area contributed by atoms with Crippen molar-refractivity contribution < 1.29 is 8.78 Å². The Labute approximate surface area is 121 Å². The summed E-state index contributed by atoms with van der Waals surface area (Å²) in [6.45, 7) is 4.83. The van der Waals surface area contributed by atoms with Crippen LogP contribution in [0.25, 0.3) is 0 Å². The van der Waals surface area contributed by atoms with Gasteiger partial charge in [0.1, 0.15) is 0 Å². The summed E-state index contributed by atoms with van der Waals surface area (Å²) in [7, 11) is 0. The van der Waals surface area contributed by atoms with Gasteiger partial charge >= 0.3 is 0 Å². The van der Waals surface area contributed by atoms with Gasteiger partial charge in [0, 0.05) is 25.5 Å². The average Bonchev–Trinajstić information content (AvgIpc) is 2.43. The Morgan fingerprint density at radius 2 is 2.05 bits per heavy atom. The molecule has 0 aliphatic rings. The molecule has 2 aromatic rings. The molecule has 1 aromatic carbocycles. The molecule has 0 saturated carbocycles. The topological polar surface area (TPSA) is 46.9 Å². The zero-order valence-corrected chi connectivity index (χ0v) is 11.9. The fourth-order valence-electron chi connectivity index (χ4n) is 1.94. The molecule has 0 aliphatic carbocycles. The molecule has 0 fully saturated rings. The van der Waals surface area contributed by atoms with Gasteiger partial charge in [0.2, 0.25) is 0 Å². The Hall–Kier alpha value is -2.24. The molecule has 0 spiro atoms. The van der Waals surface area contributed by atoms with E-state index in [1.165, 1.54) is 12.3 Å². The van der Waals surface area contributed by atoms with Gasteiger partial charge in [0.05, 0.1) is 0 Å². The fraction of sp³-hybridized carbons (Fsp3) is 0.333. The third-order valence-electron chi connectivity index (χ3n) is 2.92. The van der Waals surface area contributed by atoms with E-state index >= 15 is 0 Å². The molecule has 0 bridgehead atoms. The number of hydrogen-bond donors (Lipinski definition) is 1. The standard InChI is InChI=1S/C15H17F2N3O/c1-10(2)9-20-6-5-18-14(15(20)21)19-8-11-3-4-12(16)13(17)7-11/h3-7,10H,8-9H2,1-2H3,(H,18,19). The number of hydrogen-bond acceptors (Lipinski definition) is 3. The maximum atomic E-state index is 13.1. The highest BCUT2D eigenvalue weighted by molar-refractivity contribution is 5.33. The second-order valence-corrected chi connectivity index (χ2v) is 5.23. The maximum Gasteiger partial charge on any atom is 0.293 e. The lowest BCUT2D eigenvalue weighted by atomic mass is 10.2. The largest absolute Gasteiger partial charge is 0.361 e. The molecule has 1 heterocycles. The van der Waals surface area contributed by atoms with E-state index in [2.05, 4.69) is 10.3 Å². The van der Waals surface area contributed by atoms with Gasteiger partial charge < -0.3 is 9.88 Å². The van der Waals surface area contributed by atoms with Crippen molar-refractivity contribution in [3.63, 3.8) is 0 Å². The summed E-state index contributed by atoms with van der Waals surface area (Å²) in [6, 6.07) is 3.61. The molecule has 1 aromatic heterocycles. The summed E-state index contributed by atoms with van der Waals surface area (Å²) in [5.41, 5.74) is 0.308. The van der Waals surface area contributed by atoms with E-state index in [9.17, 15) is 13.6 Å². The molecule has 21 heavy (non-hydrogen) atoms. The van der Waals surface area contributed by atoms with E-state index in [-0.39, 0.29) is 17.9 Å². The van der Waals surface area contributed by atoms with E-state index in [0.717, 1.165) is 12.1 Å². The van der Waals surface area contributed by atoms with Gasteiger partial charge in [-0.05, 0) is 23.6 Å². The van der Waals surface area contributed by atoms with Crippen molar-refractivity contribution in [2.75, 3.05) is 5.32 Å². The summed E-state index contributed by atoms with van der Waals surface area (Å²) < 4.78 is 27.5. The summed E-state index contributed by atoms with van der Waals surface area (Å²) in [5, 5.41) is 2.86. The van der Waals surface area contributed by atoms with Gasteiger partial charge in [-0.15, -0.1) is 0 Å². The highest BCUT2D eigenvalue weighted by atomic mass is 19.2. The first kappa shape index (κ1) is 15.2. The van der Waals surface area contributed by atoms with Crippen molar-refractivity contribution in [3.8, 4) is 0 Å². The predicted octanol–water partition coefficient (Wildman–Crippen LogP) is 2.79. The maximum absolute atomic E-state index is 13.1. The summed E-state index contributed by atoms with van der Waals surface area (Å²) >= 11 is 0. The normalized spacial score (nSPS) is 10.9. The van der Waals surface area contributed by atoms with E-state index in [1.807, 2.05) is 13.8 Å². The Balaban J connectivity index is 2.13. The lowest BCUT2D eigenvalue weighted by Crippen LogP contribution is -2.25. The number of anilines is 1. The molecule has 0 radical (unpaired) electrons. The summed E-state index contributed by atoms with van der Waals surface area (Å²) in [4.78, 5) is 16.1. The minimum Gasteiger partial charge on any atom is -0.361 e. The third-order valence-corrected chi connectivity index (χ3v) is 2.92. The van der Waals surface area contributed by atoms with Gasteiger partial charge in [-0.3, -0.25) is 4.79 Å². The molecule has 0 amide bonds. The molecule has 4 nitrogen and oxygen atoms in total. The fourth-order valence-corrected chi connectivity index (χ4v) is 1.94. The number of benzene rings is 1. The SMILES string of the molecule is CC(C)Cn1ccnc(NCc2ccc(F)c(F)c2)c1=O. The molecule has 112 valence electrons. The zero-order valence-electron chi connectivity index (χ0n) is 11.9. The van der Waals surface area contributed by atoms with Gasteiger partial charge in [-0.1, -0.05) is 19.9 Å². The summed E-state index contributed by atoms with van der Waals surface area (Å²) in [5.74, 6) is -1.27. The van der Waals surface area contributed by atoms with Crippen LogP contribution < -0.4 is 10.9 Å². The lowest BCUT2D eigenvalue weighted by Gasteiger charge is -2.11. The van der Waals surface area contributed by atoms with Crippen LogP contribution in [0, 0.1) is 17.6 Å². The first-order chi connectivity index (χ1) is 9.97. The number of rotatable bonds is 5. The Bertz CT molecular complexity index is 683. The van der Waals surface area contributed by atoms with Gasteiger partial charge in [-0.2, -0.15) is 0 Å². The van der Waals surface area contributed by atoms with Crippen LogP contribution >= 0.6 is 0 Å². The molecule has 6 heteroatoms. The Kier molecular flexibility index (Phi) is 4.67. The molecular formula is C15H17F2N3O. The van der Waals surface area contributed by atoms with E-state index in [1.54, 1.807) is 10.8 Å². The van der Waals surface area contributed by atoms with Gasteiger partial charge in [-0.25, -0.2) is 13.8 Å².